The normalized spacial score (nSPS) is 14.9. The Morgan fingerprint density at radius 3 is 2.63 bits per heavy atom. The van der Waals surface area contributed by atoms with Crippen molar-refractivity contribution < 1.29 is 23.0 Å². The van der Waals surface area contributed by atoms with E-state index in [1.807, 2.05) is 13.1 Å². The number of ketones is 1. The summed E-state index contributed by atoms with van der Waals surface area (Å²) in [5, 5.41) is 0. The fourth-order valence-corrected chi connectivity index (χ4v) is 3.93. The molecule has 2 aromatic heterocycles. The molecule has 158 valence electrons. The van der Waals surface area contributed by atoms with Gasteiger partial charge in [-0.15, -0.1) is 0 Å². The Balaban J connectivity index is 1.64. The van der Waals surface area contributed by atoms with Crippen LogP contribution in [0.2, 0.25) is 0 Å². The number of fused-ring (bicyclic) bond motifs is 1. The van der Waals surface area contributed by atoms with E-state index in [0.717, 1.165) is 18.4 Å². The van der Waals surface area contributed by atoms with Crippen molar-refractivity contribution in [3.63, 3.8) is 0 Å². The molecule has 30 heavy (non-hydrogen) atoms. The lowest BCUT2D eigenvalue weighted by atomic mass is 9.93. The van der Waals surface area contributed by atoms with Gasteiger partial charge in [-0.2, -0.15) is 0 Å². The fourth-order valence-electron chi connectivity index (χ4n) is 3.93. The van der Waals surface area contributed by atoms with Gasteiger partial charge in [0.15, 0.2) is 17.2 Å². The number of imidazole rings is 1. The molecule has 0 atom stereocenters. The summed E-state index contributed by atoms with van der Waals surface area (Å²) in [5.74, 6) is -0.605. The van der Waals surface area contributed by atoms with Gasteiger partial charge in [0.1, 0.15) is 23.9 Å². The van der Waals surface area contributed by atoms with Crippen LogP contribution in [0.1, 0.15) is 46.6 Å². The van der Waals surface area contributed by atoms with Crippen LogP contribution in [0.25, 0.3) is 5.65 Å². The first-order valence-corrected chi connectivity index (χ1v) is 10.1. The molecular weight excluding hydrogens is 390 g/mol. The van der Waals surface area contributed by atoms with Gasteiger partial charge in [0.05, 0.1) is 11.3 Å². The highest BCUT2D eigenvalue weighted by Gasteiger charge is 2.24. The third-order valence-corrected chi connectivity index (χ3v) is 5.51. The Hall–Kier alpha value is -2.80. The summed E-state index contributed by atoms with van der Waals surface area (Å²) in [4.78, 5) is 17.6. The number of hydrogen-bond acceptors (Lipinski definition) is 4. The van der Waals surface area contributed by atoms with Gasteiger partial charge in [-0.3, -0.25) is 9.20 Å². The number of halogens is 2. The monoisotopic (exact) mass is 414 g/mol. The lowest BCUT2D eigenvalue weighted by Crippen LogP contribution is -2.19. The average molecular weight is 414 g/mol. The number of carbonyl (C=O) groups excluding carboxylic acids is 1. The van der Waals surface area contributed by atoms with Gasteiger partial charge >= 0.3 is 0 Å². The van der Waals surface area contributed by atoms with E-state index in [0.29, 0.717) is 48.3 Å². The second-order valence-corrected chi connectivity index (χ2v) is 7.79. The molecule has 3 aromatic rings. The quantitative estimate of drug-likeness (QED) is 0.544. The van der Waals surface area contributed by atoms with E-state index in [9.17, 15) is 13.6 Å². The Morgan fingerprint density at radius 2 is 1.93 bits per heavy atom. The summed E-state index contributed by atoms with van der Waals surface area (Å²) >= 11 is 0. The molecule has 0 N–H and O–H groups in total. The molecular formula is C23H24F2N2O3. The van der Waals surface area contributed by atoms with Crippen LogP contribution in [-0.4, -0.2) is 28.4 Å². The van der Waals surface area contributed by atoms with Gasteiger partial charge in [0, 0.05) is 25.8 Å². The number of pyridine rings is 1. The summed E-state index contributed by atoms with van der Waals surface area (Å²) < 4.78 is 40.8. The zero-order valence-electron chi connectivity index (χ0n) is 17.1. The minimum absolute atomic E-state index is 0.0311. The number of hydrogen-bond donors (Lipinski definition) is 0. The number of carbonyl (C=O) groups is 1. The molecule has 0 saturated carbocycles. The van der Waals surface area contributed by atoms with Gasteiger partial charge in [-0.05, 0) is 56.4 Å². The van der Waals surface area contributed by atoms with E-state index in [1.54, 1.807) is 17.4 Å². The van der Waals surface area contributed by atoms with Gasteiger partial charge in [0.25, 0.3) is 0 Å². The van der Waals surface area contributed by atoms with Crippen molar-refractivity contribution in [1.29, 1.82) is 0 Å². The van der Waals surface area contributed by atoms with E-state index in [1.165, 1.54) is 18.2 Å². The molecule has 0 aliphatic carbocycles. The Labute approximate surface area is 173 Å². The second-order valence-electron chi connectivity index (χ2n) is 7.79. The van der Waals surface area contributed by atoms with Crippen LogP contribution in [0.5, 0.6) is 5.75 Å². The molecule has 0 amide bonds. The molecule has 1 saturated heterocycles. The van der Waals surface area contributed by atoms with Crippen LogP contribution in [0.3, 0.4) is 0 Å². The van der Waals surface area contributed by atoms with E-state index in [4.69, 9.17) is 9.47 Å². The molecule has 1 fully saturated rings. The van der Waals surface area contributed by atoms with Crippen molar-refractivity contribution in [2.45, 2.75) is 39.7 Å². The third-order valence-electron chi connectivity index (χ3n) is 5.51. The van der Waals surface area contributed by atoms with E-state index >= 15 is 0 Å². The zero-order chi connectivity index (χ0) is 21.3. The Kier molecular flexibility index (Phi) is 5.81. The third kappa shape index (κ3) is 4.07. The topological polar surface area (TPSA) is 52.8 Å². The maximum atomic E-state index is 13.9. The molecule has 3 heterocycles. The molecule has 5 nitrogen and oxygen atoms in total. The van der Waals surface area contributed by atoms with Crippen LogP contribution < -0.4 is 4.74 Å². The van der Waals surface area contributed by atoms with Crippen LogP contribution in [0.15, 0.2) is 30.5 Å². The minimum atomic E-state index is -0.662. The Morgan fingerprint density at radius 1 is 1.23 bits per heavy atom. The first-order chi connectivity index (χ1) is 14.4. The molecule has 0 radical (unpaired) electrons. The van der Waals surface area contributed by atoms with Gasteiger partial charge < -0.3 is 9.47 Å². The highest BCUT2D eigenvalue weighted by atomic mass is 19.1. The predicted octanol–water partition coefficient (Wildman–Crippen LogP) is 4.81. The molecule has 1 aromatic carbocycles. The first-order valence-electron chi connectivity index (χ1n) is 10.1. The van der Waals surface area contributed by atoms with Crippen molar-refractivity contribution in [1.82, 2.24) is 9.38 Å². The fraction of sp³-hybridized carbons (Fsp3) is 0.391. The Bertz CT molecular complexity index is 1070. The zero-order valence-corrected chi connectivity index (χ0v) is 17.1. The summed E-state index contributed by atoms with van der Waals surface area (Å²) in [6.07, 6.45) is 4.04. The lowest BCUT2D eigenvalue weighted by Gasteiger charge is -2.21. The van der Waals surface area contributed by atoms with Crippen LogP contribution in [-0.2, 0) is 11.3 Å². The molecule has 1 aliphatic rings. The first kappa shape index (κ1) is 20.5. The van der Waals surface area contributed by atoms with Crippen molar-refractivity contribution in [2.24, 2.45) is 5.92 Å². The number of aryl methyl sites for hydroxylation is 2. The van der Waals surface area contributed by atoms with E-state index in [-0.39, 0.29) is 18.0 Å². The minimum Gasteiger partial charge on any atom is -0.485 e. The van der Waals surface area contributed by atoms with Crippen molar-refractivity contribution in [2.75, 3.05) is 13.2 Å². The lowest BCUT2D eigenvalue weighted by molar-refractivity contribution is 0.0599. The number of Topliss-reactive ketones (excluding diaryl/α,β-unsaturated/α-hetero) is 1. The van der Waals surface area contributed by atoms with Gasteiger partial charge in [-0.1, -0.05) is 6.07 Å². The van der Waals surface area contributed by atoms with Gasteiger partial charge in [0.2, 0.25) is 0 Å². The van der Waals surface area contributed by atoms with Gasteiger partial charge in [-0.25, -0.2) is 13.8 Å². The van der Waals surface area contributed by atoms with Crippen molar-refractivity contribution in [3.05, 3.63) is 64.6 Å². The number of ether oxygens (including phenoxy) is 2. The highest BCUT2D eigenvalue weighted by Crippen LogP contribution is 2.28. The SMILES string of the molecule is Cc1cc(OCc2c(F)cccc2F)c2nc(C)c(C(=O)CC3CCOCC3)n2c1. The number of aromatic nitrogens is 2. The van der Waals surface area contributed by atoms with E-state index in [2.05, 4.69) is 4.98 Å². The van der Waals surface area contributed by atoms with Crippen LogP contribution in [0, 0.1) is 31.4 Å². The maximum Gasteiger partial charge on any atom is 0.181 e. The van der Waals surface area contributed by atoms with Crippen LogP contribution >= 0.6 is 0 Å². The molecule has 0 bridgehead atoms. The second kappa shape index (κ2) is 8.52. The molecule has 7 heteroatoms. The standard InChI is InChI=1S/C23H24F2N2O3/c1-14-10-21(30-13-17-18(24)4-3-5-19(17)25)23-26-15(2)22(27(23)12-14)20(28)11-16-6-8-29-9-7-16/h3-5,10,12,16H,6-9,11,13H2,1-2H3. The predicted molar refractivity (Wildman–Crippen MR) is 108 cm³/mol. The van der Waals surface area contributed by atoms with Crippen LogP contribution in [0.4, 0.5) is 8.78 Å². The molecule has 1 aliphatic heterocycles. The summed E-state index contributed by atoms with van der Waals surface area (Å²) in [7, 11) is 0. The highest BCUT2D eigenvalue weighted by molar-refractivity contribution is 5.97. The molecule has 0 spiro atoms. The maximum absolute atomic E-state index is 13.9. The summed E-state index contributed by atoms with van der Waals surface area (Å²) in [5.41, 5.74) is 2.31. The molecule has 4 rings (SSSR count). The number of benzene rings is 1. The summed E-state index contributed by atoms with van der Waals surface area (Å²) in [6, 6.07) is 5.46. The largest absolute Gasteiger partial charge is 0.485 e. The van der Waals surface area contributed by atoms with Crippen molar-refractivity contribution in [3.8, 4) is 5.75 Å². The number of nitrogens with zero attached hydrogens (tertiary/aromatic N) is 2. The van der Waals surface area contributed by atoms with E-state index < -0.39 is 11.6 Å². The number of rotatable bonds is 6. The van der Waals surface area contributed by atoms with Crippen molar-refractivity contribution >= 4 is 11.4 Å². The molecule has 0 unspecified atom stereocenters. The summed E-state index contributed by atoms with van der Waals surface area (Å²) in [6.45, 7) is 4.77. The average Bonchev–Trinajstić information content (AvgIpc) is 3.04. The smallest absolute Gasteiger partial charge is 0.181 e.